The number of rotatable bonds is 3. The summed E-state index contributed by atoms with van der Waals surface area (Å²) < 4.78 is 76.0. The van der Waals surface area contributed by atoms with Gasteiger partial charge in [0.25, 0.3) is 0 Å². The first-order chi connectivity index (χ1) is 11.1. The van der Waals surface area contributed by atoms with Crippen molar-refractivity contribution < 1.29 is 26.3 Å². The molecule has 0 saturated carbocycles. The summed E-state index contributed by atoms with van der Waals surface area (Å²) in [6.45, 7) is 0. The third-order valence-electron chi connectivity index (χ3n) is 2.90. The molecule has 0 radical (unpaired) electrons. The van der Waals surface area contributed by atoms with Crippen LogP contribution in [0.2, 0.25) is 0 Å². The van der Waals surface area contributed by atoms with Gasteiger partial charge in [-0.3, -0.25) is 0 Å². The lowest BCUT2D eigenvalue weighted by Gasteiger charge is -2.10. The second-order valence-corrected chi connectivity index (χ2v) is 5.61. The number of thioether (sulfide) groups is 1. The molecule has 1 aromatic carbocycles. The van der Waals surface area contributed by atoms with Gasteiger partial charge in [-0.2, -0.15) is 31.6 Å². The summed E-state index contributed by atoms with van der Waals surface area (Å²) in [7, 11) is 0. The molecule has 0 spiro atoms. The van der Waals surface area contributed by atoms with Gasteiger partial charge in [0.2, 0.25) is 0 Å². The molecule has 2 nitrogen and oxygen atoms in total. The number of hydrogen-bond acceptors (Lipinski definition) is 3. The molecule has 1 heterocycles. The second-order valence-electron chi connectivity index (χ2n) is 4.65. The third kappa shape index (κ3) is 4.41. The molecule has 0 aliphatic heterocycles. The van der Waals surface area contributed by atoms with Crippen molar-refractivity contribution in [2.45, 2.75) is 23.1 Å². The normalized spacial score (nSPS) is 12.0. The predicted octanol–water partition coefficient (Wildman–Crippen LogP) is 5.28. The summed E-state index contributed by atoms with van der Waals surface area (Å²) in [5.41, 5.74) is -1.82. The minimum atomic E-state index is -4.67. The fourth-order valence-corrected chi connectivity index (χ4v) is 2.70. The van der Waals surface area contributed by atoms with Crippen molar-refractivity contribution in [3.05, 3.63) is 58.8 Å². The molecule has 24 heavy (non-hydrogen) atoms. The molecule has 0 aliphatic carbocycles. The van der Waals surface area contributed by atoms with Crippen LogP contribution >= 0.6 is 11.8 Å². The predicted molar refractivity (Wildman–Crippen MR) is 75.0 cm³/mol. The number of alkyl halides is 6. The molecule has 2 aromatic rings. The molecule has 0 fully saturated rings. The van der Waals surface area contributed by atoms with Crippen LogP contribution in [0.3, 0.4) is 0 Å². The summed E-state index contributed by atoms with van der Waals surface area (Å²) in [5, 5.41) is 8.75. The van der Waals surface area contributed by atoms with Crippen LogP contribution in [0.15, 0.2) is 41.4 Å². The maximum atomic E-state index is 12.7. The Bertz CT molecular complexity index is 777. The summed E-state index contributed by atoms with van der Waals surface area (Å²) >= 11 is 0.773. The van der Waals surface area contributed by atoms with Gasteiger partial charge in [0.1, 0.15) is 16.8 Å². The SMILES string of the molecule is N#Cc1ccc(C(F)(F)F)nc1SCc1cccc(C(F)(F)F)c1. The lowest BCUT2D eigenvalue weighted by Crippen LogP contribution is -2.09. The van der Waals surface area contributed by atoms with Crippen LogP contribution in [0, 0.1) is 11.3 Å². The Kier molecular flexibility index (Phi) is 5.08. The van der Waals surface area contributed by atoms with E-state index in [1.54, 1.807) is 6.07 Å². The zero-order valence-corrected chi connectivity index (χ0v) is 12.6. The van der Waals surface area contributed by atoms with E-state index < -0.39 is 23.6 Å². The van der Waals surface area contributed by atoms with Gasteiger partial charge in [0, 0.05) is 5.75 Å². The number of nitriles is 1. The highest BCUT2D eigenvalue weighted by Crippen LogP contribution is 2.33. The van der Waals surface area contributed by atoms with Gasteiger partial charge in [-0.15, -0.1) is 11.8 Å². The van der Waals surface area contributed by atoms with E-state index in [2.05, 4.69) is 4.98 Å². The van der Waals surface area contributed by atoms with Crippen molar-refractivity contribution in [2.75, 3.05) is 0 Å². The molecule has 0 atom stereocenters. The molecular weight excluding hydrogens is 354 g/mol. The highest BCUT2D eigenvalue weighted by atomic mass is 32.2. The van der Waals surface area contributed by atoms with Crippen molar-refractivity contribution in [1.29, 1.82) is 5.26 Å². The molecule has 9 heteroatoms. The summed E-state index contributed by atoms with van der Waals surface area (Å²) in [6.07, 6.45) is -9.17. The molecule has 0 N–H and O–H groups in total. The third-order valence-corrected chi connectivity index (χ3v) is 3.96. The van der Waals surface area contributed by atoms with Crippen LogP contribution in [0.1, 0.15) is 22.4 Å². The zero-order valence-electron chi connectivity index (χ0n) is 11.7. The molecule has 0 bridgehead atoms. The van der Waals surface area contributed by atoms with E-state index in [4.69, 9.17) is 5.26 Å². The standard InChI is InChI=1S/C15H8F6N2S/c16-14(17,18)11-3-1-2-9(6-11)8-24-13-10(7-22)4-5-12(23-13)15(19,20)21/h1-6H,8H2. The Morgan fingerprint density at radius 3 is 2.29 bits per heavy atom. The molecule has 0 aliphatic rings. The van der Waals surface area contributed by atoms with Crippen LogP contribution < -0.4 is 0 Å². The number of pyridine rings is 1. The first kappa shape index (κ1) is 18.1. The van der Waals surface area contributed by atoms with Crippen molar-refractivity contribution in [3.8, 4) is 6.07 Å². The average molecular weight is 362 g/mol. The Balaban J connectivity index is 2.25. The van der Waals surface area contributed by atoms with E-state index >= 15 is 0 Å². The molecule has 0 amide bonds. The van der Waals surface area contributed by atoms with Gasteiger partial charge in [0.05, 0.1) is 11.1 Å². The van der Waals surface area contributed by atoms with Crippen molar-refractivity contribution in [1.82, 2.24) is 4.98 Å². The largest absolute Gasteiger partial charge is 0.433 e. The highest BCUT2D eigenvalue weighted by molar-refractivity contribution is 7.98. The van der Waals surface area contributed by atoms with E-state index in [1.807, 2.05) is 0 Å². The minimum Gasteiger partial charge on any atom is -0.236 e. The van der Waals surface area contributed by atoms with Gasteiger partial charge in [-0.1, -0.05) is 18.2 Å². The number of hydrogen-bond donors (Lipinski definition) is 0. The number of nitrogens with zero attached hydrogens (tertiary/aromatic N) is 2. The molecule has 1 aromatic heterocycles. The fraction of sp³-hybridized carbons (Fsp3) is 0.200. The maximum Gasteiger partial charge on any atom is 0.433 e. The van der Waals surface area contributed by atoms with E-state index in [-0.39, 0.29) is 21.9 Å². The van der Waals surface area contributed by atoms with Gasteiger partial charge < -0.3 is 0 Å². The molecule has 126 valence electrons. The number of aromatic nitrogens is 1. The van der Waals surface area contributed by atoms with Crippen molar-refractivity contribution in [3.63, 3.8) is 0 Å². The quantitative estimate of drug-likeness (QED) is 0.550. The Morgan fingerprint density at radius 1 is 1.00 bits per heavy atom. The highest BCUT2D eigenvalue weighted by Gasteiger charge is 2.33. The van der Waals surface area contributed by atoms with Crippen molar-refractivity contribution in [2.24, 2.45) is 0 Å². The molecule has 0 saturated heterocycles. The molecular formula is C15H8F6N2S. The average Bonchev–Trinajstić information content (AvgIpc) is 2.51. The van der Waals surface area contributed by atoms with Crippen molar-refractivity contribution >= 4 is 11.8 Å². The Labute approximate surface area is 137 Å². The maximum absolute atomic E-state index is 12.7. The van der Waals surface area contributed by atoms with Crippen LogP contribution in [0.25, 0.3) is 0 Å². The van der Waals surface area contributed by atoms with E-state index in [0.29, 0.717) is 6.07 Å². The van der Waals surface area contributed by atoms with Crippen LogP contribution in [0.4, 0.5) is 26.3 Å². The fourth-order valence-electron chi connectivity index (χ4n) is 1.78. The van der Waals surface area contributed by atoms with E-state index in [9.17, 15) is 26.3 Å². The minimum absolute atomic E-state index is 0.0487. The van der Waals surface area contributed by atoms with Crippen LogP contribution in [0.5, 0.6) is 0 Å². The van der Waals surface area contributed by atoms with Crippen LogP contribution in [-0.4, -0.2) is 4.98 Å². The number of benzene rings is 1. The zero-order chi connectivity index (χ0) is 18.0. The first-order valence-corrected chi connectivity index (χ1v) is 7.37. The van der Waals surface area contributed by atoms with Gasteiger partial charge >= 0.3 is 12.4 Å². The topological polar surface area (TPSA) is 36.7 Å². The summed E-state index contributed by atoms with van der Waals surface area (Å²) in [5.74, 6) is -0.0487. The lowest BCUT2D eigenvalue weighted by molar-refractivity contribution is -0.141. The smallest absolute Gasteiger partial charge is 0.236 e. The Morgan fingerprint density at radius 2 is 1.71 bits per heavy atom. The molecule has 0 unspecified atom stereocenters. The Hall–Kier alpha value is -2.21. The van der Waals surface area contributed by atoms with E-state index in [0.717, 1.165) is 30.0 Å². The number of halogens is 6. The van der Waals surface area contributed by atoms with E-state index in [1.165, 1.54) is 12.1 Å². The van der Waals surface area contributed by atoms with Gasteiger partial charge in [0.15, 0.2) is 0 Å². The lowest BCUT2D eigenvalue weighted by atomic mass is 10.1. The first-order valence-electron chi connectivity index (χ1n) is 6.38. The van der Waals surface area contributed by atoms with Gasteiger partial charge in [-0.05, 0) is 23.8 Å². The van der Waals surface area contributed by atoms with Crippen LogP contribution in [-0.2, 0) is 18.1 Å². The monoisotopic (exact) mass is 362 g/mol. The van der Waals surface area contributed by atoms with Gasteiger partial charge in [-0.25, -0.2) is 4.98 Å². The second kappa shape index (κ2) is 6.73. The summed E-state index contributed by atoms with van der Waals surface area (Å²) in [4.78, 5) is 3.39. The molecule has 2 rings (SSSR count). The summed E-state index contributed by atoms with van der Waals surface area (Å²) in [6, 6.07) is 7.83.